The third-order valence-electron chi connectivity index (χ3n) is 2.60. The fraction of sp³-hybridized carbons (Fsp3) is 0.667. The van der Waals surface area contributed by atoms with Gasteiger partial charge in [-0.3, -0.25) is 9.59 Å². The molecule has 0 saturated carbocycles. The van der Waals surface area contributed by atoms with Crippen LogP contribution in [0.4, 0.5) is 0 Å². The van der Waals surface area contributed by atoms with Gasteiger partial charge in [0.1, 0.15) is 0 Å². The molecule has 0 fully saturated rings. The lowest BCUT2D eigenvalue weighted by Crippen LogP contribution is -2.43. The van der Waals surface area contributed by atoms with Gasteiger partial charge in [0.05, 0.1) is 0 Å². The van der Waals surface area contributed by atoms with Crippen LogP contribution in [-0.2, 0) is 9.59 Å². The predicted octanol–water partition coefficient (Wildman–Crippen LogP) is 1.78. The fourth-order valence-corrected chi connectivity index (χ4v) is 1.42. The zero-order chi connectivity index (χ0) is 11.6. The Balaban J connectivity index is 2.67. The minimum atomic E-state index is -0.576. The van der Waals surface area contributed by atoms with Crippen molar-refractivity contribution in [3.63, 3.8) is 0 Å². The maximum atomic E-state index is 11.8. The molecule has 0 N–H and O–H groups in total. The summed E-state index contributed by atoms with van der Waals surface area (Å²) in [4.78, 5) is 25.2. The van der Waals surface area contributed by atoms with Crippen LogP contribution in [0.3, 0.4) is 0 Å². The van der Waals surface area contributed by atoms with Crippen molar-refractivity contribution in [2.24, 2.45) is 5.41 Å². The van der Waals surface area contributed by atoms with E-state index in [0.29, 0.717) is 13.1 Å². The van der Waals surface area contributed by atoms with Crippen LogP contribution in [0.25, 0.3) is 0 Å². The van der Waals surface area contributed by atoms with Gasteiger partial charge in [-0.25, -0.2) is 0 Å². The van der Waals surface area contributed by atoms with Gasteiger partial charge in [0, 0.05) is 18.5 Å². The number of ketones is 1. The Morgan fingerprint density at radius 3 is 2.33 bits per heavy atom. The minimum Gasteiger partial charge on any atom is -0.332 e. The molecule has 0 bridgehead atoms. The summed E-state index contributed by atoms with van der Waals surface area (Å²) in [5.41, 5.74) is 0.718. The summed E-state index contributed by atoms with van der Waals surface area (Å²) in [5, 5.41) is 0. The molecule has 1 aliphatic rings. The maximum absolute atomic E-state index is 11.8. The summed E-state index contributed by atoms with van der Waals surface area (Å²) in [7, 11) is 0. The first-order valence-corrected chi connectivity index (χ1v) is 5.31. The topological polar surface area (TPSA) is 37.4 Å². The lowest BCUT2D eigenvalue weighted by molar-refractivity contribution is -0.148. The molecule has 0 aromatic heterocycles. The van der Waals surface area contributed by atoms with E-state index in [-0.39, 0.29) is 11.7 Å². The molecule has 1 amide bonds. The second-order valence-corrected chi connectivity index (χ2v) is 5.13. The number of hydrogen-bond donors (Lipinski definition) is 0. The summed E-state index contributed by atoms with van der Waals surface area (Å²) in [5.74, 6) is -0.637. The minimum absolute atomic E-state index is 0.296. The van der Waals surface area contributed by atoms with E-state index in [9.17, 15) is 9.59 Å². The molecule has 0 aromatic carbocycles. The molecule has 0 atom stereocenters. The standard InChI is InChI=1S/C12H19NO2/c1-9-5-7-13(8-6-9)11(15)10(14)12(2,3)4/h5H,6-8H2,1-4H3. The Morgan fingerprint density at radius 1 is 1.33 bits per heavy atom. The molecule has 1 rings (SSSR count). The van der Waals surface area contributed by atoms with Crippen LogP contribution >= 0.6 is 0 Å². The van der Waals surface area contributed by atoms with E-state index in [1.54, 1.807) is 25.7 Å². The Bertz CT molecular complexity index is 310. The molecule has 3 heteroatoms. The first-order valence-electron chi connectivity index (χ1n) is 5.31. The summed E-state index contributed by atoms with van der Waals surface area (Å²) < 4.78 is 0. The van der Waals surface area contributed by atoms with Gasteiger partial charge < -0.3 is 4.90 Å². The highest BCUT2D eigenvalue weighted by atomic mass is 16.2. The van der Waals surface area contributed by atoms with Gasteiger partial charge in [0.25, 0.3) is 5.91 Å². The van der Waals surface area contributed by atoms with Crippen molar-refractivity contribution in [1.29, 1.82) is 0 Å². The first kappa shape index (κ1) is 12.0. The largest absolute Gasteiger partial charge is 0.332 e. The number of carbonyl (C=O) groups is 2. The van der Waals surface area contributed by atoms with Gasteiger partial charge in [0.2, 0.25) is 5.78 Å². The van der Waals surface area contributed by atoms with Crippen molar-refractivity contribution in [3.05, 3.63) is 11.6 Å². The number of hydrogen-bond acceptors (Lipinski definition) is 2. The summed E-state index contributed by atoms with van der Waals surface area (Å²) in [6.07, 6.45) is 2.89. The van der Waals surface area contributed by atoms with Gasteiger partial charge in [-0.1, -0.05) is 32.4 Å². The molecule has 1 heterocycles. The lowest BCUT2D eigenvalue weighted by atomic mass is 9.90. The summed E-state index contributed by atoms with van der Waals surface area (Å²) >= 11 is 0. The highest BCUT2D eigenvalue weighted by Gasteiger charge is 2.31. The van der Waals surface area contributed by atoms with Crippen LogP contribution in [0, 0.1) is 5.41 Å². The van der Waals surface area contributed by atoms with Crippen LogP contribution < -0.4 is 0 Å². The molecular formula is C12H19NO2. The van der Waals surface area contributed by atoms with Gasteiger partial charge in [-0.05, 0) is 13.3 Å². The number of carbonyl (C=O) groups excluding carboxylic acids is 2. The number of Topliss-reactive ketones (excluding diaryl/α,β-unsaturated/α-hetero) is 1. The van der Waals surface area contributed by atoms with E-state index in [1.165, 1.54) is 5.57 Å². The molecule has 84 valence electrons. The van der Waals surface area contributed by atoms with E-state index in [0.717, 1.165) is 6.42 Å². The van der Waals surface area contributed by atoms with Crippen molar-refractivity contribution >= 4 is 11.7 Å². The molecule has 0 unspecified atom stereocenters. The van der Waals surface area contributed by atoms with Crippen molar-refractivity contribution in [2.45, 2.75) is 34.1 Å². The number of amides is 1. The molecule has 0 saturated heterocycles. The van der Waals surface area contributed by atoms with Crippen LogP contribution in [0.15, 0.2) is 11.6 Å². The second kappa shape index (κ2) is 4.17. The smallest absolute Gasteiger partial charge is 0.290 e. The van der Waals surface area contributed by atoms with Crippen molar-refractivity contribution in [2.75, 3.05) is 13.1 Å². The number of rotatable bonds is 1. The Hall–Kier alpha value is -1.12. The molecule has 0 spiro atoms. The predicted molar refractivity (Wildman–Crippen MR) is 59.4 cm³/mol. The van der Waals surface area contributed by atoms with Gasteiger partial charge in [-0.2, -0.15) is 0 Å². The summed E-state index contributed by atoms with van der Waals surface area (Å²) in [6.45, 7) is 8.62. The monoisotopic (exact) mass is 209 g/mol. The van der Waals surface area contributed by atoms with E-state index >= 15 is 0 Å². The Labute approximate surface area is 91.1 Å². The van der Waals surface area contributed by atoms with Crippen LogP contribution in [0.1, 0.15) is 34.1 Å². The first-order chi connectivity index (χ1) is 6.82. The van der Waals surface area contributed by atoms with Crippen molar-refractivity contribution in [1.82, 2.24) is 4.90 Å². The molecule has 1 aliphatic heterocycles. The van der Waals surface area contributed by atoms with Crippen LogP contribution in [0.5, 0.6) is 0 Å². The van der Waals surface area contributed by atoms with Gasteiger partial charge in [0.15, 0.2) is 0 Å². The molecule has 0 aliphatic carbocycles. The molecule has 3 nitrogen and oxygen atoms in total. The third kappa shape index (κ3) is 2.91. The van der Waals surface area contributed by atoms with Crippen LogP contribution in [0.2, 0.25) is 0 Å². The van der Waals surface area contributed by atoms with Crippen molar-refractivity contribution < 1.29 is 9.59 Å². The van der Waals surface area contributed by atoms with E-state index in [1.807, 2.05) is 13.0 Å². The highest BCUT2D eigenvalue weighted by Crippen LogP contribution is 2.18. The van der Waals surface area contributed by atoms with Crippen molar-refractivity contribution in [3.8, 4) is 0 Å². The Morgan fingerprint density at radius 2 is 1.93 bits per heavy atom. The average Bonchev–Trinajstić information content (AvgIpc) is 2.15. The zero-order valence-corrected chi connectivity index (χ0v) is 9.96. The van der Waals surface area contributed by atoms with Gasteiger partial charge in [-0.15, -0.1) is 0 Å². The summed E-state index contributed by atoms with van der Waals surface area (Å²) in [6, 6.07) is 0. The fourth-order valence-electron chi connectivity index (χ4n) is 1.42. The molecule has 0 radical (unpaired) electrons. The SMILES string of the molecule is CC1=CCN(C(=O)C(=O)C(C)(C)C)CC1. The van der Waals surface area contributed by atoms with Gasteiger partial charge >= 0.3 is 0 Å². The molecule has 15 heavy (non-hydrogen) atoms. The highest BCUT2D eigenvalue weighted by molar-refractivity contribution is 6.37. The third-order valence-corrected chi connectivity index (χ3v) is 2.60. The maximum Gasteiger partial charge on any atom is 0.290 e. The average molecular weight is 209 g/mol. The van der Waals surface area contributed by atoms with E-state index < -0.39 is 5.41 Å². The number of nitrogens with zero attached hydrogens (tertiary/aromatic N) is 1. The van der Waals surface area contributed by atoms with E-state index in [4.69, 9.17) is 0 Å². The van der Waals surface area contributed by atoms with E-state index in [2.05, 4.69) is 0 Å². The zero-order valence-electron chi connectivity index (χ0n) is 9.96. The lowest BCUT2D eigenvalue weighted by Gasteiger charge is -2.27. The quantitative estimate of drug-likeness (QED) is 0.487. The molecular weight excluding hydrogens is 190 g/mol. The normalized spacial score (nSPS) is 17.3. The molecule has 0 aromatic rings. The van der Waals surface area contributed by atoms with Crippen LogP contribution in [-0.4, -0.2) is 29.7 Å². The second-order valence-electron chi connectivity index (χ2n) is 5.13. The Kier molecular flexibility index (Phi) is 3.32.